The van der Waals surface area contributed by atoms with Gasteiger partial charge in [0.1, 0.15) is 10.5 Å². The summed E-state index contributed by atoms with van der Waals surface area (Å²) in [7, 11) is -2.99. The highest BCUT2D eigenvalue weighted by molar-refractivity contribution is 9.11. The van der Waals surface area contributed by atoms with E-state index in [0.717, 1.165) is 5.16 Å². The van der Waals surface area contributed by atoms with Gasteiger partial charge in [0, 0.05) is 5.25 Å². The van der Waals surface area contributed by atoms with Crippen molar-refractivity contribution in [1.82, 2.24) is 14.8 Å². The molecule has 0 unspecified atom stereocenters. The van der Waals surface area contributed by atoms with Crippen molar-refractivity contribution in [2.45, 2.75) is 20.6 Å². The van der Waals surface area contributed by atoms with Gasteiger partial charge in [-0.2, -0.15) is 0 Å². The molecule has 0 spiro atoms. The fourth-order valence-corrected chi connectivity index (χ4v) is 6.76. The zero-order chi connectivity index (χ0) is 9.92. The Morgan fingerprint density at radius 2 is 2.43 bits per heavy atom. The third kappa shape index (κ3) is 1.04. The highest BCUT2D eigenvalue weighted by atomic mass is 79.9. The molecule has 0 radical (unpaired) electrons. The Bertz CT molecular complexity index is 485. The first-order valence-electron chi connectivity index (χ1n) is 4.01. The molecule has 1 aromatic rings. The highest BCUT2D eigenvalue weighted by Gasteiger charge is 2.51. The summed E-state index contributed by atoms with van der Waals surface area (Å²) in [4.78, 5) is 0. The van der Waals surface area contributed by atoms with Gasteiger partial charge in [0.05, 0.1) is 11.8 Å². The lowest BCUT2D eigenvalue weighted by Crippen LogP contribution is -2.18. The van der Waals surface area contributed by atoms with Crippen LogP contribution in [0.2, 0.25) is 0 Å². The Morgan fingerprint density at radius 1 is 1.64 bits per heavy atom. The molecule has 1 aromatic heterocycles. The number of thioether (sulfide) groups is 1. The molecule has 5 nitrogen and oxygen atoms in total. The average molecular weight is 296 g/mol. The molecule has 0 bridgehead atoms. The Labute approximate surface area is 93.3 Å². The van der Waals surface area contributed by atoms with Gasteiger partial charge in [-0.05, 0) is 0 Å². The number of rotatable bonds is 0. The predicted molar refractivity (Wildman–Crippen MR) is 55.2 cm³/mol. The first-order valence-corrected chi connectivity index (χ1v) is 7.52. The summed E-state index contributed by atoms with van der Waals surface area (Å²) in [6.45, 7) is 0. The second-order valence-corrected chi connectivity index (χ2v) is 8.31. The number of hydrogen-bond donors (Lipinski definition) is 0. The maximum absolute atomic E-state index is 11.6. The third-order valence-electron chi connectivity index (χ3n) is 2.51. The zero-order valence-electron chi connectivity index (χ0n) is 6.87. The number of sulfone groups is 1. The highest BCUT2D eigenvalue weighted by Crippen LogP contribution is 2.49. The smallest absolute Gasteiger partial charge is 0.191 e. The molecular weight excluding hydrogens is 290 g/mol. The van der Waals surface area contributed by atoms with Crippen LogP contribution in [-0.2, 0) is 9.84 Å². The maximum Gasteiger partial charge on any atom is 0.191 e. The monoisotopic (exact) mass is 295 g/mol. The van der Waals surface area contributed by atoms with Crippen LogP contribution >= 0.6 is 27.7 Å². The predicted octanol–water partition coefficient (Wildman–Crippen LogP) is 0.443. The van der Waals surface area contributed by atoms with E-state index in [2.05, 4.69) is 26.1 Å². The molecule has 0 saturated carbocycles. The lowest BCUT2D eigenvalue weighted by Gasteiger charge is -2.11. The van der Waals surface area contributed by atoms with Crippen molar-refractivity contribution in [3.05, 3.63) is 6.33 Å². The van der Waals surface area contributed by atoms with Gasteiger partial charge in [-0.15, -0.1) is 10.2 Å². The Hall–Kier alpha value is -0.0800. The van der Waals surface area contributed by atoms with Gasteiger partial charge in [-0.1, -0.05) is 27.7 Å². The van der Waals surface area contributed by atoms with E-state index in [1.807, 2.05) is 4.57 Å². The minimum atomic E-state index is -2.99. The van der Waals surface area contributed by atoms with Crippen molar-refractivity contribution in [3.8, 4) is 0 Å². The molecule has 0 N–H and O–H groups in total. The standard InChI is InChI=1S/C6H6BrN3O2S2/c7-5-4-3(1-14(5,11)12)13-6-9-8-2-10(4)6/h2-5H,1H2/t3-,4+,5+/m1/s1. The summed E-state index contributed by atoms with van der Waals surface area (Å²) < 4.78 is 24.5. The first kappa shape index (κ1) is 9.17. The van der Waals surface area contributed by atoms with Gasteiger partial charge in [0.25, 0.3) is 0 Å². The quantitative estimate of drug-likeness (QED) is 0.650. The van der Waals surface area contributed by atoms with E-state index in [9.17, 15) is 8.42 Å². The van der Waals surface area contributed by atoms with Crippen molar-refractivity contribution in [3.63, 3.8) is 0 Å². The van der Waals surface area contributed by atoms with Gasteiger partial charge in [0.15, 0.2) is 15.0 Å². The SMILES string of the molecule is O=S1(=O)C[C@H]2Sc3nncn3[C@@H]2[C@H]1Br. The molecule has 1 fully saturated rings. The molecule has 8 heteroatoms. The molecule has 76 valence electrons. The number of nitrogens with zero attached hydrogens (tertiary/aromatic N) is 3. The van der Waals surface area contributed by atoms with Gasteiger partial charge in [-0.3, -0.25) is 0 Å². The lowest BCUT2D eigenvalue weighted by molar-refractivity contribution is 0.537. The Morgan fingerprint density at radius 3 is 3.21 bits per heavy atom. The third-order valence-corrected chi connectivity index (χ3v) is 8.01. The maximum atomic E-state index is 11.6. The van der Waals surface area contributed by atoms with E-state index in [0.29, 0.717) is 0 Å². The van der Waals surface area contributed by atoms with E-state index in [4.69, 9.17) is 0 Å². The summed E-state index contributed by atoms with van der Waals surface area (Å²) >= 11 is 4.74. The summed E-state index contributed by atoms with van der Waals surface area (Å²) in [6, 6.07) is -0.0463. The van der Waals surface area contributed by atoms with Gasteiger partial charge >= 0.3 is 0 Å². The van der Waals surface area contributed by atoms with Crippen LogP contribution in [0, 0.1) is 0 Å². The van der Waals surface area contributed by atoms with Crippen molar-refractivity contribution < 1.29 is 8.42 Å². The molecule has 3 atom stereocenters. The van der Waals surface area contributed by atoms with Crippen LogP contribution in [0.1, 0.15) is 6.04 Å². The van der Waals surface area contributed by atoms with E-state index >= 15 is 0 Å². The van der Waals surface area contributed by atoms with Crippen LogP contribution in [-0.4, -0.2) is 38.3 Å². The topological polar surface area (TPSA) is 64.8 Å². The lowest BCUT2D eigenvalue weighted by atomic mass is 10.2. The van der Waals surface area contributed by atoms with Crippen molar-refractivity contribution in [2.24, 2.45) is 0 Å². The summed E-state index contributed by atoms with van der Waals surface area (Å²) in [5.41, 5.74) is 0. The fraction of sp³-hybridized carbons (Fsp3) is 0.667. The van der Waals surface area contributed by atoms with E-state index in [-0.39, 0.29) is 17.0 Å². The summed E-state index contributed by atoms with van der Waals surface area (Å²) in [5, 5.41) is 8.60. The molecule has 0 aromatic carbocycles. The average Bonchev–Trinajstić information content (AvgIpc) is 2.65. The molecule has 1 saturated heterocycles. The Balaban J connectivity index is 2.12. The molecule has 2 aliphatic rings. The number of fused-ring (bicyclic) bond motifs is 3. The first-order chi connectivity index (χ1) is 6.59. The van der Waals surface area contributed by atoms with Crippen LogP contribution in [0.25, 0.3) is 0 Å². The number of halogens is 1. The molecule has 0 amide bonds. The largest absolute Gasteiger partial charge is 0.302 e. The molecular formula is C6H6BrN3O2S2. The fourth-order valence-electron chi connectivity index (χ4n) is 1.87. The van der Waals surface area contributed by atoms with Crippen LogP contribution in [0.3, 0.4) is 0 Å². The van der Waals surface area contributed by atoms with E-state index in [1.54, 1.807) is 6.33 Å². The number of aromatic nitrogens is 3. The second kappa shape index (κ2) is 2.73. The van der Waals surface area contributed by atoms with Gasteiger partial charge in [0.2, 0.25) is 0 Å². The summed E-state index contributed by atoms with van der Waals surface area (Å²) in [6.07, 6.45) is 1.60. The number of hydrogen-bond acceptors (Lipinski definition) is 5. The second-order valence-electron chi connectivity index (χ2n) is 3.35. The van der Waals surface area contributed by atoms with Crippen molar-refractivity contribution in [1.29, 1.82) is 0 Å². The molecule has 2 aliphatic heterocycles. The molecule has 3 rings (SSSR count). The Kier molecular flexibility index (Phi) is 1.79. The molecule has 3 heterocycles. The van der Waals surface area contributed by atoms with Crippen LogP contribution in [0.5, 0.6) is 0 Å². The minimum absolute atomic E-state index is 0.0463. The van der Waals surface area contributed by atoms with Crippen molar-refractivity contribution >= 4 is 37.5 Å². The minimum Gasteiger partial charge on any atom is -0.302 e. The van der Waals surface area contributed by atoms with E-state index in [1.165, 1.54) is 11.8 Å². The van der Waals surface area contributed by atoms with Gasteiger partial charge < -0.3 is 4.57 Å². The van der Waals surface area contributed by atoms with E-state index < -0.39 is 14.0 Å². The number of alkyl halides is 1. The van der Waals surface area contributed by atoms with Crippen LogP contribution in [0.15, 0.2) is 11.5 Å². The molecule has 0 aliphatic carbocycles. The van der Waals surface area contributed by atoms with Crippen molar-refractivity contribution in [2.75, 3.05) is 5.75 Å². The van der Waals surface area contributed by atoms with Crippen LogP contribution in [0.4, 0.5) is 0 Å². The molecule has 14 heavy (non-hydrogen) atoms. The normalized spacial score (nSPS) is 38.2. The van der Waals surface area contributed by atoms with Gasteiger partial charge in [-0.25, -0.2) is 8.42 Å². The van der Waals surface area contributed by atoms with Crippen LogP contribution < -0.4 is 0 Å². The summed E-state index contributed by atoms with van der Waals surface area (Å²) in [5.74, 6) is 0.224. The zero-order valence-corrected chi connectivity index (χ0v) is 10.1.